The van der Waals surface area contributed by atoms with Crippen molar-refractivity contribution in [2.75, 3.05) is 32.8 Å². The van der Waals surface area contributed by atoms with Crippen molar-refractivity contribution >= 4 is 11.8 Å². The van der Waals surface area contributed by atoms with Crippen LogP contribution in [0.4, 0.5) is 17.6 Å². The lowest BCUT2D eigenvalue weighted by Gasteiger charge is -2.47. The zero-order valence-corrected chi connectivity index (χ0v) is 22.4. The van der Waals surface area contributed by atoms with Crippen molar-refractivity contribution in [3.8, 4) is 16.9 Å². The highest BCUT2D eigenvalue weighted by Crippen LogP contribution is 2.53. The van der Waals surface area contributed by atoms with Gasteiger partial charge >= 0.3 is 6.18 Å². The molecule has 2 saturated heterocycles. The highest BCUT2D eigenvalue weighted by Gasteiger charge is 2.58. The number of rotatable bonds is 8. The van der Waals surface area contributed by atoms with Gasteiger partial charge in [0.2, 0.25) is 5.91 Å². The third kappa shape index (κ3) is 5.68. The Balaban J connectivity index is 1.18. The number of hydrogen-bond donors (Lipinski definition) is 1. The van der Waals surface area contributed by atoms with E-state index in [4.69, 9.17) is 10.5 Å². The summed E-state index contributed by atoms with van der Waals surface area (Å²) >= 11 is 0. The van der Waals surface area contributed by atoms with Crippen LogP contribution in [0.3, 0.4) is 0 Å². The third-order valence-electron chi connectivity index (χ3n) is 8.87. The maximum Gasteiger partial charge on any atom is 0.395 e. The zero-order chi connectivity index (χ0) is 28.5. The summed E-state index contributed by atoms with van der Waals surface area (Å²) in [5, 5.41) is 0. The second kappa shape index (κ2) is 11.4. The van der Waals surface area contributed by atoms with E-state index < -0.39 is 35.3 Å². The molecule has 0 unspecified atom stereocenters. The van der Waals surface area contributed by atoms with E-state index in [-0.39, 0.29) is 30.9 Å². The Bertz CT molecular complexity index is 1220. The van der Waals surface area contributed by atoms with Crippen LogP contribution in [-0.2, 0) is 4.79 Å². The van der Waals surface area contributed by atoms with Crippen LogP contribution in [0, 0.1) is 17.2 Å². The highest BCUT2D eigenvalue weighted by molar-refractivity contribution is 6.03. The number of hydrogen-bond acceptors (Lipinski definition) is 4. The number of ether oxygens (including phenoxy) is 1. The number of primary amides is 1. The molecule has 3 fully saturated rings. The van der Waals surface area contributed by atoms with Gasteiger partial charge in [-0.05, 0) is 86.9 Å². The van der Waals surface area contributed by atoms with E-state index in [1.807, 2.05) is 4.90 Å². The van der Waals surface area contributed by atoms with Crippen molar-refractivity contribution in [2.24, 2.45) is 17.1 Å². The molecule has 216 valence electrons. The topological polar surface area (TPSA) is 75.9 Å². The fourth-order valence-corrected chi connectivity index (χ4v) is 6.25. The van der Waals surface area contributed by atoms with Crippen LogP contribution in [0.15, 0.2) is 42.5 Å². The fourth-order valence-electron chi connectivity index (χ4n) is 6.25. The number of benzene rings is 2. The Kier molecular flexibility index (Phi) is 8.08. The number of likely N-dealkylation sites (tertiary alicyclic amines) is 2. The third-order valence-corrected chi connectivity index (χ3v) is 8.87. The number of nitrogens with two attached hydrogens (primary N) is 1. The smallest absolute Gasteiger partial charge is 0.395 e. The molecule has 2 aromatic rings. The summed E-state index contributed by atoms with van der Waals surface area (Å²) < 4.78 is 61.5. The second-order valence-electron chi connectivity index (χ2n) is 11.4. The van der Waals surface area contributed by atoms with E-state index in [0.717, 1.165) is 12.8 Å². The lowest BCUT2D eigenvalue weighted by atomic mass is 9.67. The lowest BCUT2D eigenvalue weighted by Crippen LogP contribution is -2.53. The Labute approximate surface area is 231 Å². The van der Waals surface area contributed by atoms with Crippen LogP contribution in [0.1, 0.15) is 55.3 Å². The molecule has 6 nitrogen and oxygen atoms in total. The number of alkyl halides is 3. The van der Waals surface area contributed by atoms with Crippen LogP contribution in [-0.4, -0.2) is 66.6 Å². The first-order chi connectivity index (χ1) is 19.1. The molecule has 2 aliphatic heterocycles. The Morgan fingerprint density at radius 3 is 2.27 bits per heavy atom. The molecule has 0 bridgehead atoms. The fraction of sp³-hybridized carbons (Fsp3) is 0.533. The van der Waals surface area contributed by atoms with Crippen LogP contribution in [0.5, 0.6) is 5.75 Å². The average Bonchev–Trinajstić information content (AvgIpc) is 3.40. The molecule has 0 spiro atoms. The molecule has 1 aliphatic carbocycles. The largest absolute Gasteiger partial charge is 0.493 e. The number of carbonyl (C=O) groups excluding carboxylic acids is 2. The van der Waals surface area contributed by atoms with E-state index in [1.165, 1.54) is 17.0 Å². The maximum atomic E-state index is 14.9. The van der Waals surface area contributed by atoms with Crippen molar-refractivity contribution < 1.29 is 31.9 Å². The van der Waals surface area contributed by atoms with Gasteiger partial charge in [0.25, 0.3) is 5.91 Å². The molecule has 1 saturated carbocycles. The minimum absolute atomic E-state index is 0.0923. The summed E-state index contributed by atoms with van der Waals surface area (Å²) in [5.41, 5.74) is 4.89. The molecule has 3 aliphatic rings. The first-order valence-electron chi connectivity index (χ1n) is 14.0. The van der Waals surface area contributed by atoms with Gasteiger partial charge in [0.05, 0.1) is 17.6 Å². The number of halogens is 4. The predicted octanol–water partition coefficient (Wildman–Crippen LogP) is 5.41. The zero-order valence-electron chi connectivity index (χ0n) is 22.4. The molecular weight excluding hydrogens is 526 g/mol. The molecule has 2 amide bonds. The number of piperidine rings is 1. The highest BCUT2D eigenvalue weighted by atomic mass is 19.4. The molecule has 0 radical (unpaired) electrons. The number of carbonyl (C=O) groups is 2. The first-order valence-corrected chi connectivity index (χ1v) is 14.0. The van der Waals surface area contributed by atoms with Crippen molar-refractivity contribution in [1.82, 2.24) is 9.80 Å². The van der Waals surface area contributed by atoms with Crippen molar-refractivity contribution in [3.63, 3.8) is 0 Å². The van der Waals surface area contributed by atoms with Gasteiger partial charge in [-0.2, -0.15) is 13.2 Å². The van der Waals surface area contributed by atoms with E-state index in [2.05, 4.69) is 0 Å². The lowest BCUT2D eigenvalue weighted by molar-refractivity contribution is -0.256. The van der Waals surface area contributed by atoms with E-state index in [1.54, 1.807) is 30.3 Å². The van der Waals surface area contributed by atoms with Gasteiger partial charge in [-0.15, -0.1) is 0 Å². The molecule has 40 heavy (non-hydrogen) atoms. The average molecular weight is 562 g/mol. The van der Waals surface area contributed by atoms with E-state index in [9.17, 15) is 27.2 Å². The molecule has 0 aromatic heterocycles. The molecular formula is C30H35F4N3O3. The van der Waals surface area contributed by atoms with Gasteiger partial charge in [-0.25, -0.2) is 4.39 Å². The molecule has 1 atom stereocenters. The van der Waals surface area contributed by atoms with Gasteiger partial charge in [0.15, 0.2) is 0 Å². The maximum absolute atomic E-state index is 14.9. The molecule has 2 heterocycles. The van der Waals surface area contributed by atoms with Crippen LogP contribution in [0.2, 0.25) is 0 Å². The predicted molar refractivity (Wildman–Crippen MR) is 142 cm³/mol. The first kappa shape index (κ1) is 28.4. The summed E-state index contributed by atoms with van der Waals surface area (Å²) in [7, 11) is 0. The minimum Gasteiger partial charge on any atom is -0.493 e. The Hall–Kier alpha value is -3.14. The van der Waals surface area contributed by atoms with Gasteiger partial charge in [0.1, 0.15) is 17.6 Å². The van der Waals surface area contributed by atoms with Gasteiger partial charge in [-0.3, -0.25) is 9.59 Å². The van der Waals surface area contributed by atoms with Crippen molar-refractivity contribution in [3.05, 3.63) is 53.8 Å². The summed E-state index contributed by atoms with van der Waals surface area (Å²) in [6.45, 7) is 2.17. The van der Waals surface area contributed by atoms with Crippen molar-refractivity contribution in [2.45, 2.75) is 57.2 Å². The summed E-state index contributed by atoms with van der Waals surface area (Å²) in [6, 6.07) is 10.7. The van der Waals surface area contributed by atoms with Crippen molar-refractivity contribution in [1.29, 1.82) is 0 Å². The molecule has 5 rings (SSSR count). The minimum atomic E-state index is -4.14. The summed E-state index contributed by atoms with van der Waals surface area (Å²) in [4.78, 5) is 28.4. The van der Waals surface area contributed by atoms with Crippen LogP contribution >= 0.6 is 0 Å². The standard InChI is InChI=1S/C30H35F4N3O3/c31-24-5-1-4-23(26(24)28(39)37-15-2-6-25(37)27(35)38)21-7-9-22(10-8-21)40-18-20-11-16-36(17-12-20)19-29(13-3-14-29)30(32,33)34/h1,4-5,7-10,20,25H,2-3,6,11-19H2,(H2,35,38)/t25-/m0/s1. The second-order valence-corrected chi connectivity index (χ2v) is 11.4. The molecule has 2 N–H and O–H groups in total. The summed E-state index contributed by atoms with van der Waals surface area (Å²) in [6.07, 6.45) is -0.384. The number of nitrogens with zero attached hydrogens (tertiary/aromatic N) is 2. The summed E-state index contributed by atoms with van der Waals surface area (Å²) in [5.74, 6) is -0.943. The normalized spacial score (nSPS) is 21.7. The number of amides is 2. The monoisotopic (exact) mass is 561 g/mol. The van der Waals surface area contributed by atoms with Gasteiger partial charge in [-0.1, -0.05) is 30.7 Å². The Morgan fingerprint density at radius 2 is 1.68 bits per heavy atom. The SMILES string of the molecule is NC(=O)[C@@H]1CCCN1C(=O)c1c(F)cccc1-c1ccc(OCC2CCN(CC3(C(F)(F)F)CCC3)CC2)cc1. The van der Waals surface area contributed by atoms with E-state index >= 15 is 0 Å². The van der Waals surface area contributed by atoms with Crippen LogP contribution < -0.4 is 10.5 Å². The van der Waals surface area contributed by atoms with E-state index in [0.29, 0.717) is 62.4 Å². The van der Waals surface area contributed by atoms with Gasteiger partial charge in [0, 0.05) is 13.1 Å². The molecule has 2 aromatic carbocycles. The molecule has 10 heteroatoms. The Morgan fingerprint density at radius 1 is 0.975 bits per heavy atom. The van der Waals surface area contributed by atoms with Crippen LogP contribution in [0.25, 0.3) is 11.1 Å². The quantitative estimate of drug-likeness (QED) is 0.438. The van der Waals surface area contributed by atoms with Gasteiger partial charge < -0.3 is 20.3 Å².